The molecule has 7 nitrogen and oxygen atoms in total. The van der Waals surface area contributed by atoms with E-state index in [1.165, 1.54) is 15.6 Å². The van der Waals surface area contributed by atoms with E-state index in [4.69, 9.17) is 11.6 Å². The minimum atomic E-state index is -3.56. The summed E-state index contributed by atoms with van der Waals surface area (Å²) >= 11 is 7.35. The average Bonchev–Trinajstić information content (AvgIpc) is 3.19. The quantitative estimate of drug-likeness (QED) is 0.684. The van der Waals surface area contributed by atoms with Gasteiger partial charge in [0.15, 0.2) is 0 Å². The molecule has 1 saturated heterocycles. The van der Waals surface area contributed by atoms with Gasteiger partial charge in [0.25, 0.3) is 15.9 Å². The first-order valence-corrected chi connectivity index (χ1v) is 12.7. The second kappa shape index (κ2) is 9.68. The van der Waals surface area contributed by atoms with Crippen molar-refractivity contribution in [3.05, 3.63) is 51.9 Å². The Morgan fingerprint density at radius 2 is 1.71 bits per heavy atom. The van der Waals surface area contributed by atoms with Gasteiger partial charge in [-0.3, -0.25) is 9.59 Å². The van der Waals surface area contributed by atoms with E-state index in [0.29, 0.717) is 14.8 Å². The number of rotatable bonds is 6. The number of carbonyl (C=O) groups is 2. The van der Waals surface area contributed by atoms with Crippen molar-refractivity contribution in [2.45, 2.75) is 31.0 Å². The Morgan fingerprint density at radius 3 is 2.26 bits per heavy atom. The lowest BCUT2D eigenvalue weighted by atomic mass is 10.0. The summed E-state index contributed by atoms with van der Waals surface area (Å²) in [7, 11) is -3.56. The van der Waals surface area contributed by atoms with E-state index in [-0.39, 0.29) is 38.0 Å². The van der Waals surface area contributed by atoms with Crippen LogP contribution in [0.4, 0.5) is 0 Å². The number of piperazine rings is 1. The van der Waals surface area contributed by atoms with Gasteiger partial charge in [-0.15, -0.1) is 11.3 Å². The summed E-state index contributed by atoms with van der Waals surface area (Å²) in [5.74, 6) is -0.777. The highest BCUT2D eigenvalue weighted by Gasteiger charge is 2.34. The summed E-state index contributed by atoms with van der Waals surface area (Å²) in [6.07, 6.45) is 0. The molecular formula is C21H26ClN3O4S2. The number of halogens is 1. The van der Waals surface area contributed by atoms with Crippen molar-refractivity contribution in [2.75, 3.05) is 26.2 Å². The molecule has 1 aliphatic heterocycles. The molecule has 0 aliphatic carbocycles. The van der Waals surface area contributed by atoms with E-state index in [1.54, 1.807) is 41.3 Å². The van der Waals surface area contributed by atoms with Gasteiger partial charge in [-0.25, -0.2) is 8.42 Å². The number of nitrogens with zero attached hydrogens (tertiary/aromatic N) is 2. The van der Waals surface area contributed by atoms with Crippen LogP contribution in [-0.2, 0) is 14.8 Å². The number of hydrogen-bond donors (Lipinski definition) is 1. The fourth-order valence-electron chi connectivity index (χ4n) is 3.40. The molecule has 31 heavy (non-hydrogen) atoms. The zero-order chi connectivity index (χ0) is 22.8. The highest BCUT2D eigenvalue weighted by atomic mass is 35.5. The van der Waals surface area contributed by atoms with E-state index in [9.17, 15) is 18.0 Å². The molecule has 1 N–H and O–H groups in total. The first-order chi connectivity index (χ1) is 14.6. The molecule has 0 bridgehead atoms. The number of sulfonamides is 1. The highest BCUT2D eigenvalue weighted by Crippen LogP contribution is 2.25. The van der Waals surface area contributed by atoms with Crippen molar-refractivity contribution in [3.63, 3.8) is 0 Å². The van der Waals surface area contributed by atoms with Gasteiger partial charge >= 0.3 is 0 Å². The Morgan fingerprint density at radius 1 is 1.06 bits per heavy atom. The largest absolute Gasteiger partial charge is 0.340 e. The molecule has 1 aromatic heterocycles. The highest BCUT2D eigenvalue weighted by molar-refractivity contribution is 7.91. The topological polar surface area (TPSA) is 86.8 Å². The fraction of sp³-hybridized carbons (Fsp3) is 0.429. The Bertz CT molecular complexity index is 1060. The SMILES string of the molecule is Cc1ccc(S(=O)(=O)N2CCN(C(=O)C(NC(=O)c3ccccc3Cl)C(C)C)CC2)s1. The third-order valence-electron chi connectivity index (χ3n) is 5.20. The van der Waals surface area contributed by atoms with Gasteiger partial charge < -0.3 is 10.2 Å². The molecule has 2 heterocycles. The number of aryl methyl sites for hydroxylation is 1. The monoisotopic (exact) mass is 483 g/mol. The van der Waals surface area contributed by atoms with Gasteiger partial charge in [-0.05, 0) is 37.1 Å². The van der Waals surface area contributed by atoms with Crippen LogP contribution in [0.5, 0.6) is 0 Å². The third kappa shape index (κ3) is 5.28. The Balaban J connectivity index is 1.66. The molecule has 2 amide bonds. The van der Waals surface area contributed by atoms with Crippen molar-refractivity contribution in [3.8, 4) is 0 Å². The number of hydrogen-bond acceptors (Lipinski definition) is 5. The minimum absolute atomic E-state index is 0.144. The van der Waals surface area contributed by atoms with E-state index >= 15 is 0 Å². The Labute approximate surface area is 192 Å². The summed E-state index contributed by atoms with van der Waals surface area (Å²) in [5, 5.41) is 3.11. The van der Waals surface area contributed by atoms with Gasteiger partial charge in [0, 0.05) is 31.1 Å². The van der Waals surface area contributed by atoms with E-state index < -0.39 is 22.0 Å². The lowest BCUT2D eigenvalue weighted by molar-refractivity contribution is -0.135. The van der Waals surface area contributed by atoms with Crippen LogP contribution in [-0.4, -0.2) is 61.7 Å². The first kappa shape index (κ1) is 23.7. The summed E-state index contributed by atoms with van der Waals surface area (Å²) in [4.78, 5) is 28.3. The summed E-state index contributed by atoms with van der Waals surface area (Å²) in [6.45, 7) is 6.55. The standard InChI is InChI=1S/C21H26ClN3O4S2/c1-14(2)19(23-20(26)16-6-4-5-7-17(16)22)21(27)24-10-12-25(13-11-24)31(28,29)18-9-8-15(3)30-18/h4-9,14,19H,10-13H2,1-3H3,(H,23,26). The number of amides is 2. The van der Waals surface area contributed by atoms with Crippen LogP contribution in [0.15, 0.2) is 40.6 Å². The fourth-order valence-corrected chi connectivity index (χ4v) is 6.48. The number of nitrogens with one attached hydrogen (secondary N) is 1. The molecule has 168 valence electrons. The van der Waals surface area contributed by atoms with Crippen molar-refractivity contribution in [1.82, 2.24) is 14.5 Å². The number of carbonyl (C=O) groups excluding carboxylic acids is 2. The van der Waals surface area contributed by atoms with Gasteiger partial charge in [0.1, 0.15) is 10.3 Å². The van der Waals surface area contributed by atoms with E-state index in [1.807, 2.05) is 20.8 Å². The van der Waals surface area contributed by atoms with Crippen LogP contribution in [0.25, 0.3) is 0 Å². The maximum absolute atomic E-state index is 13.1. The van der Waals surface area contributed by atoms with Crippen LogP contribution in [0.3, 0.4) is 0 Å². The Kier molecular flexibility index (Phi) is 7.41. The van der Waals surface area contributed by atoms with E-state index in [2.05, 4.69) is 5.32 Å². The Hall–Kier alpha value is -1.94. The van der Waals surface area contributed by atoms with Crippen molar-refractivity contribution < 1.29 is 18.0 Å². The van der Waals surface area contributed by atoms with Crippen LogP contribution in [0.2, 0.25) is 5.02 Å². The summed E-state index contributed by atoms with van der Waals surface area (Å²) in [6, 6.07) is 9.34. The molecule has 3 rings (SSSR count). The second-order valence-electron chi connectivity index (χ2n) is 7.77. The van der Waals surface area contributed by atoms with Gasteiger partial charge in [0.2, 0.25) is 5.91 Å². The van der Waals surface area contributed by atoms with Crippen LogP contribution >= 0.6 is 22.9 Å². The average molecular weight is 484 g/mol. The maximum Gasteiger partial charge on any atom is 0.253 e. The molecule has 1 aliphatic rings. The number of thiophene rings is 1. The normalized spacial score (nSPS) is 16.4. The first-order valence-electron chi connectivity index (χ1n) is 10.0. The third-order valence-corrected chi connectivity index (χ3v) is 8.89. The molecule has 2 aromatic rings. The minimum Gasteiger partial charge on any atom is -0.340 e. The molecule has 1 atom stereocenters. The van der Waals surface area contributed by atoms with Gasteiger partial charge in [-0.2, -0.15) is 4.31 Å². The zero-order valence-electron chi connectivity index (χ0n) is 17.7. The lowest BCUT2D eigenvalue weighted by Crippen LogP contribution is -2.57. The van der Waals surface area contributed by atoms with Crippen molar-refractivity contribution in [1.29, 1.82) is 0 Å². The smallest absolute Gasteiger partial charge is 0.253 e. The molecule has 0 saturated carbocycles. The van der Waals surface area contributed by atoms with Gasteiger partial charge in [0.05, 0.1) is 10.6 Å². The molecular weight excluding hydrogens is 458 g/mol. The molecule has 10 heteroatoms. The zero-order valence-corrected chi connectivity index (χ0v) is 20.1. The summed E-state index contributed by atoms with van der Waals surface area (Å²) < 4.78 is 27.4. The molecule has 1 fully saturated rings. The maximum atomic E-state index is 13.1. The van der Waals surface area contributed by atoms with Crippen LogP contribution in [0.1, 0.15) is 29.1 Å². The molecule has 0 radical (unpaired) electrons. The molecule has 1 aromatic carbocycles. The van der Waals surface area contributed by atoms with Crippen molar-refractivity contribution >= 4 is 44.8 Å². The summed E-state index contributed by atoms with van der Waals surface area (Å²) in [5.41, 5.74) is 0.310. The second-order valence-corrected chi connectivity index (χ2v) is 11.6. The lowest BCUT2D eigenvalue weighted by Gasteiger charge is -2.36. The molecule has 1 unspecified atom stereocenters. The van der Waals surface area contributed by atoms with Crippen LogP contribution < -0.4 is 5.32 Å². The predicted octanol–water partition coefficient (Wildman–Crippen LogP) is 3.00. The van der Waals surface area contributed by atoms with Crippen LogP contribution in [0, 0.1) is 12.8 Å². The van der Waals surface area contributed by atoms with E-state index in [0.717, 1.165) is 4.88 Å². The molecule has 0 spiro atoms. The predicted molar refractivity (Wildman–Crippen MR) is 122 cm³/mol. The number of benzene rings is 1. The van der Waals surface area contributed by atoms with Gasteiger partial charge in [-0.1, -0.05) is 37.6 Å². The van der Waals surface area contributed by atoms with Crippen molar-refractivity contribution in [2.24, 2.45) is 5.92 Å².